The standard InChI is InChI=1S/C26H39F4NO7/c1-4-19(2)20(5-8-33-3)18-31-7-10-35-12-14-37-16-15-36-13-11-34-9-6-23(32)38-26-22(28)17-21(27)24(29)25(26)30/h17-19,31H,4-16H2,1-3H3/b20-18-. The number of nitrogens with one attached hydrogen (secondary N) is 1. The summed E-state index contributed by atoms with van der Waals surface area (Å²) in [6, 6.07) is 0.0950. The van der Waals surface area contributed by atoms with Gasteiger partial charge in [-0.3, -0.25) is 4.79 Å². The Morgan fingerprint density at radius 2 is 1.42 bits per heavy atom. The minimum Gasteiger partial charge on any atom is -0.420 e. The van der Waals surface area contributed by atoms with Crippen LogP contribution in [0.15, 0.2) is 17.8 Å². The summed E-state index contributed by atoms with van der Waals surface area (Å²) in [4.78, 5) is 11.6. The highest BCUT2D eigenvalue weighted by Gasteiger charge is 2.22. The van der Waals surface area contributed by atoms with Crippen LogP contribution < -0.4 is 10.1 Å². The van der Waals surface area contributed by atoms with E-state index in [4.69, 9.17) is 23.7 Å². The number of carbonyl (C=O) groups is 1. The number of esters is 1. The van der Waals surface area contributed by atoms with Crippen molar-refractivity contribution in [3.05, 3.63) is 41.1 Å². The van der Waals surface area contributed by atoms with Gasteiger partial charge in [-0.05, 0) is 30.5 Å². The Labute approximate surface area is 221 Å². The third-order valence-corrected chi connectivity index (χ3v) is 5.37. The maximum atomic E-state index is 13.5. The number of methoxy groups -OCH3 is 1. The predicted octanol–water partition coefficient (Wildman–Crippen LogP) is 4.16. The smallest absolute Gasteiger partial charge is 0.313 e. The Morgan fingerprint density at radius 1 is 0.842 bits per heavy atom. The number of rotatable bonds is 22. The third-order valence-electron chi connectivity index (χ3n) is 5.37. The second-order valence-corrected chi connectivity index (χ2v) is 8.20. The van der Waals surface area contributed by atoms with Crippen molar-refractivity contribution in [2.45, 2.75) is 33.1 Å². The van der Waals surface area contributed by atoms with Gasteiger partial charge in [-0.1, -0.05) is 13.8 Å². The maximum Gasteiger partial charge on any atom is 0.313 e. The summed E-state index contributed by atoms with van der Waals surface area (Å²) in [5, 5.41) is 3.28. The van der Waals surface area contributed by atoms with Crippen molar-refractivity contribution in [2.75, 3.05) is 73.1 Å². The van der Waals surface area contributed by atoms with E-state index < -0.39 is 35.0 Å². The van der Waals surface area contributed by atoms with Gasteiger partial charge in [0.2, 0.25) is 11.6 Å². The first-order chi connectivity index (χ1) is 18.3. The lowest BCUT2D eigenvalue weighted by Crippen LogP contribution is -2.18. The van der Waals surface area contributed by atoms with E-state index in [0.717, 1.165) is 12.8 Å². The molecule has 0 amide bonds. The summed E-state index contributed by atoms with van der Waals surface area (Å²) in [5.41, 5.74) is 1.33. The molecule has 38 heavy (non-hydrogen) atoms. The van der Waals surface area contributed by atoms with Crippen LogP contribution in [0.25, 0.3) is 0 Å². The van der Waals surface area contributed by atoms with E-state index in [0.29, 0.717) is 52.1 Å². The molecule has 1 unspecified atom stereocenters. The molecule has 1 aromatic rings. The van der Waals surface area contributed by atoms with Gasteiger partial charge in [0.05, 0.1) is 59.3 Å². The molecule has 12 heteroatoms. The van der Waals surface area contributed by atoms with Crippen LogP contribution in [0.1, 0.15) is 33.1 Å². The summed E-state index contributed by atoms with van der Waals surface area (Å²) >= 11 is 0. The number of hydrogen-bond acceptors (Lipinski definition) is 8. The van der Waals surface area contributed by atoms with E-state index in [1.54, 1.807) is 7.11 Å². The highest BCUT2D eigenvalue weighted by Crippen LogP contribution is 2.26. The Morgan fingerprint density at radius 3 is 2.00 bits per heavy atom. The van der Waals surface area contributed by atoms with E-state index in [2.05, 4.69) is 30.1 Å². The number of carbonyl (C=O) groups excluding carboxylic acids is 1. The van der Waals surface area contributed by atoms with Crippen LogP contribution in [-0.4, -0.2) is 79.1 Å². The first-order valence-corrected chi connectivity index (χ1v) is 12.6. The van der Waals surface area contributed by atoms with Crippen molar-refractivity contribution in [3.8, 4) is 5.75 Å². The predicted molar refractivity (Wildman–Crippen MR) is 132 cm³/mol. The molecule has 0 bridgehead atoms. The van der Waals surface area contributed by atoms with Gasteiger partial charge in [-0.15, -0.1) is 0 Å². The largest absolute Gasteiger partial charge is 0.420 e. The van der Waals surface area contributed by atoms with Gasteiger partial charge in [0, 0.05) is 26.3 Å². The highest BCUT2D eigenvalue weighted by molar-refractivity contribution is 5.72. The highest BCUT2D eigenvalue weighted by atomic mass is 19.2. The van der Waals surface area contributed by atoms with Crippen molar-refractivity contribution < 1.29 is 50.8 Å². The van der Waals surface area contributed by atoms with E-state index in [1.165, 1.54) is 5.57 Å². The average molecular weight is 554 g/mol. The Balaban J connectivity index is 1.97. The molecule has 0 aromatic heterocycles. The summed E-state index contributed by atoms with van der Waals surface area (Å²) < 4.78 is 84.0. The number of ether oxygens (including phenoxy) is 6. The van der Waals surface area contributed by atoms with Gasteiger partial charge in [-0.2, -0.15) is 4.39 Å². The molecular formula is C26H39F4NO7. The van der Waals surface area contributed by atoms with Gasteiger partial charge in [0.15, 0.2) is 17.5 Å². The van der Waals surface area contributed by atoms with Crippen molar-refractivity contribution in [1.82, 2.24) is 5.32 Å². The molecule has 1 rings (SSSR count). The van der Waals surface area contributed by atoms with Crippen molar-refractivity contribution >= 4 is 5.97 Å². The van der Waals surface area contributed by atoms with E-state index in [-0.39, 0.29) is 32.3 Å². The molecule has 1 aromatic carbocycles. The van der Waals surface area contributed by atoms with Crippen LogP contribution in [0.3, 0.4) is 0 Å². The van der Waals surface area contributed by atoms with Gasteiger partial charge in [-0.25, -0.2) is 13.2 Å². The van der Waals surface area contributed by atoms with Crippen LogP contribution in [0, 0.1) is 29.2 Å². The van der Waals surface area contributed by atoms with E-state index >= 15 is 0 Å². The molecule has 0 radical (unpaired) electrons. The summed E-state index contributed by atoms with van der Waals surface area (Å²) in [6.07, 6.45) is 3.69. The Hall–Kier alpha value is -2.25. The summed E-state index contributed by atoms with van der Waals surface area (Å²) in [7, 11) is 1.70. The topological polar surface area (TPSA) is 84.5 Å². The van der Waals surface area contributed by atoms with Crippen LogP contribution in [0.5, 0.6) is 5.75 Å². The molecule has 1 atom stereocenters. The zero-order chi connectivity index (χ0) is 28.2. The number of benzene rings is 1. The first-order valence-electron chi connectivity index (χ1n) is 12.6. The van der Waals surface area contributed by atoms with Crippen LogP contribution in [0.2, 0.25) is 0 Å². The normalized spacial score (nSPS) is 12.6. The molecule has 0 aliphatic rings. The zero-order valence-corrected chi connectivity index (χ0v) is 22.3. The second kappa shape index (κ2) is 20.7. The SMILES string of the molecule is CCC(C)/C(=C\NCCOCCOCCOCCOCCC(=O)Oc1c(F)cc(F)c(F)c1F)CCOC. The molecule has 0 heterocycles. The summed E-state index contributed by atoms with van der Waals surface area (Å²) in [5.74, 6) is -8.92. The maximum absolute atomic E-state index is 13.5. The minimum atomic E-state index is -1.93. The lowest BCUT2D eigenvalue weighted by Gasteiger charge is -2.14. The van der Waals surface area contributed by atoms with Crippen molar-refractivity contribution in [3.63, 3.8) is 0 Å². The zero-order valence-electron chi connectivity index (χ0n) is 22.3. The van der Waals surface area contributed by atoms with Gasteiger partial charge in [0.25, 0.3) is 0 Å². The van der Waals surface area contributed by atoms with Gasteiger partial charge >= 0.3 is 5.97 Å². The quantitative estimate of drug-likeness (QED) is 0.0573. The van der Waals surface area contributed by atoms with Gasteiger partial charge in [0.1, 0.15) is 0 Å². The van der Waals surface area contributed by atoms with Gasteiger partial charge < -0.3 is 33.7 Å². The van der Waals surface area contributed by atoms with E-state index in [1.807, 2.05) is 0 Å². The van der Waals surface area contributed by atoms with Crippen molar-refractivity contribution in [1.29, 1.82) is 0 Å². The minimum absolute atomic E-state index is 0.0950. The Kier molecular flexibility index (Phi) is 18.4. The molecule has 0 spiro atoms. The molecule has 0 fully saturated rings. The summed E-state index contributed by atoms with van der Waals surface area (Å²) in [6.45, 7) is 8.23. The fraction of sp³-hybridized carbons (Fsp3) is 0.654. The molecule has 8 nitrogen and oxygen atoms in total. The molecular weight excluding hydrogens is 514 g/mol. The number of hydrogen-bond donors (Lipinski definition) is 1. The van der Waals surface area contributed by atoms with E-state index in [9.17, 15) is 22.4 Å². The molecule has 0 saturated carbocycles. The molecule has 1 N–H and O–H groups in total. The molecule has 218 valence electrons. The number of halogens is 4. The monoisotopic (exact) mass is 553 g/mol. The van der Waals surface area contributed by atoms with Crippen LogP contribution >= 0.6 is 0 Å². The fourth-order valence-corrected chi connectivity index (χ4v) is 3.00. The fourth-order valence-electron chi connectivity index (χ4n) is 3.00. The van der Waals surface area contributed by atoms with Crippen LogP contribution in [0.4, 0.5) is 17.6 Å². The average Bonchev–Trinajstić information content (AvgIpc) is 2.90. The second-order valence-electron chi connectivity index (χ2n) is 8.20. The third kappa shape index (κ3) is 14.1. The molecule has 0 aliphatic carbocycles. The van der Waals surface area contributed by atoms with Crippen LogP contribution in [-0.2, 0) is 28.5 Å². The molecule has 0 saturated heterocycles. The lowest BCUT2D eigenvalue weighted by molar-refractivity contribution is -0.136. The lowest BCUT2D eigenvalue weighted by atomic mass is 9.97. The van der Waals surface area contributed by atoms with Crippen molar-refractivity contribution in [2.24, 2.45) is 5.92 Å². The molecule has 0 aliphatic heterocycles. The Bertz CT molecular complexity index is 842. The first kappa shape index (κ1) is 33.8.